The summed E-state index contributed by atoms with van der Waals surface area (Å²) < 4.78 is 2.15. The highest BCUT2D eigenvalue weighted by Gasteiger charge is 2.31. The van der Waals surface area contributed by atoms with E-state index in [0.29, 0.717) is 11.5 Å². The highest BCUT2D eigenvalue weighted by Crippen LogP contribution is 2.35. The fourth-order valence-electron chi connectivity index (χ4n) is 2.83. The minimum Gasteiger partial charge on any atom is -0.337 e. The fourth-order valence-corrected chi connectivity index (χ4v) is 2.83. The third-order valence-corrected chi connectivity index (χ3v) is 4.05. The molecule has 1 aromatic rings. The van der Waals surface area contributed by atoms with Crippen LogP contribution in [0.3, 0.4) is 0 Å². The van der Waals surface area contributed by atoms with Crippen LogP contribution in [0.5, 0.6) is 0 Å². The number of aryl methyl sites for hydroxylation is 1. The molecule has 1 atom stereocenters. The van der Waals surface area contributed by atoms with Gasteiger partial charge in [0.15, 0.2) is 0 Å². The van der Waals surface area contributed by atoms with E-state index in [0.717, 1.165) is 13.1 Å². The van der Waals surface area contributed by atoms with Crippen LogP contribution in [0.1, 0.15) is 46.0 Å². The molecular formula is C14H25N3. The summed E-state index contributed by atoms with van der Waals surface area (Å²) in [5.41, 5.74) is 0.479. The quantitative estimate of drug-likeness (QED) is 0.795. The van der Waals surface area contributed by atoms with Crippen LogP contribution >= 0.6 is 0 Å². The molecule has 1 aliphatic rings. The Morgan fingerprint density at radius 1 is 1.41 bits per heavy atom. The Kier molecular flexibility index (Phi) is 4.21. The van der Waals surface area contributed by atoms with Crippen LogP contribution in [-0.4, -0.2) is 22.1 Å². The number of rotatable bonds is 5. The normalized spacial score (nSPS) is 23.8. The van der Waals surface area contributed by atoms with E-state index >= 15 is 0 Å². The van der Waals surface area contributed by atoms with Gasteiger partial charge in [-0.1, -0.05) is 26.7 Å². The van der Waals surface area contributed by atoms with Gasteiger partial charge in [0.05, 0.1) is 6.33 Å². The summed E-state index contributed by atoms with van der Waals surface area (Å²) in [6.07, 6.45) is 12.5. The molecule has 1 saturated carbocycles. The van der Waals surface area contributed by atoms with Crippen molar-refractivity contribution in [3.63, 3.8) is 0 Å². The van der Waals surface area contributed by atoms with Crippen molar-refractivity contribution >= 4 is 0 Å². The average molecular weight is 235 g/mol. The second-order valence-corrected chi connectivity index (χ2v) is 5.90. The van der Waals surface area contributed by atoms with E-state index in [-0.39, 0.29) is 0 Å². The monoisotopic (exact) mass is 235 g/mol. The van der Waals surface area contributed by atoms with E-state index in [2.05, 4.69) is 28.7 Å². The van der Waals surface area contributed by atoms with Crippen molar-refractivity contribution in [2.75, 3.05) is 6.54 Å². The molecule has 1 fully saturated rings. The molecule has 1 N–H and O–H groups in total. The first-order valence-corrected chi connectivity index (χ1v) is 6.88. The number of hydrogen-bond acceptors (Lipinski definition) is 2. The van der Waals surface area contributed by atoms with Gasteiger partial charge in [0.1, 0.15) is 0 Å². The summed E-state index contributed by atoms with van der Waals surface area (Å²) in [6.45, 7) is 6.99. The molecular weight excluding hydrogens is 210 g/mol. The highest BCUT2D eigenvalue weighted by molar-refractivity contribution is 4.87. The summed E-state index contributed by atoms with van der Waals surface area (Å²) in [4.78, 5) is 4.06. The largest absolute Gasteiger partial charge is 0.337 e. The minimum atomic E-state index is 0.479. The summed E-state index contributed by atoms with van der Waals surface area (Å²) in [5, 5.41) is 3.74. The smallest absolute Gasteiger partial charge is 0.0945 e. The predicted molar refractivity (Wildman–Crippen MR) is 70.9 cm³/mol. The number of hydrogen-bond donors (Lipinski definition) is 1. The maximum absolute atomic E-state index is 4.06. The highest BCUT2D eigenvalue weighted by atomic mass is 15.0. The molecule has 2 rings (SSSR count). The summed E-state index contributed by atoms with van der Waals surface area (Å²) in [5.74, 6) is 0. The zero-order chi connectivity index (χ0) is 12.1. The standard InChI is InChI=1S/C14H25N3/c1-14(2)7-4-3-6-13(14)16-8-5-10-17-11-9-15-12-17/h9,11-13,16H,3-8,10H2,1-2H3. The van der Waals surface area contributed by atoms with Crippen LogP contribution in [0.15, 0.2) is 18.7 Å². The zero-order valence-electron chi connectivity index (χ0n) is 11.2. The van der Waals surface area contributed by atoms with Crippen LogP contribution in [0.4, 0.5) is 0 Å². The molecule has 1 aromatic heterocycles. The summed E-state index contributed by atoms with van der Waals surface area (Å²) in [6, 6.07) is 0.707. The summed E-state index contributed by atoms with van der Waals surface area (Å²) in [7, 11) is 0. The average Bonchev–Trinajstić information content (AvgIpc) is 2.79. The van der Waals surface area contributed by atoms with Gasteiger partial charge in [0, 0.05) is 25.0 Å². The molecule has 96 valence electrons. The van der Waals surface area contributed by atoms with Crippen LogP contribution in [-0.2, 0) is 6.54 Å². The van der Waals surface area contributed by atoms with Crippen LogP contribution in [0, 0.1) is 5.41 Å². The Labute approximate surface area is 105 Å². The van der Waals surface area contributed by atoms with Gasteiger partial charge >= 0.3 is 0 Å². The van der Waals surface area contributed by atoms with Crippen molar-refractivity contribution in [2.45, 2.75) is 58.5 Å². The van der Waals surface area contributed by atoms with E-state index < -0.39 is 0 Å². The second-order valence-electron chi connectivity index (χ2n) is 5.90. The molecule has 0 aliphatic heterocycles. The first-order chi connectivity index (χ1) is 8.18. The maximum atomic E-state index is 4.06. The molecule has 0 bridgehead atoms. The maximum Gasteiger partial charge on any atom is 0.0945 e. The van der Waals surface area contributed by atoms with E-state index in [9.17, 15) is 0 Å². The lowest BCUT2D eigenvalue weighted by Crippen LogP contribution is -2.44. The van der Waals surface area contributed by atoms with Gasteiger partial charge < -0.3 is 9.88 Å². The Balaban J connectivity index is 1.67. The number of nitrogens with zero attached hydrogens (tertiary/aromatic N) is 2. The third-order valence-electron chi connectivity index (χ3n) is 4.05. The van der Waals surface area contributed by atoms with Crippen molar-refractivity contribution < 1.29 is 0 Å². The van der Waals surface area contributed by atoms with E-state index in [1.54, 1.807) is 0 Å². The first kappa shape index (κ1) is 12.6. The van der Waals surface area contributed by atoms with Crippen molar-refractivity contribution in [3.8, 4) is 0 Å². The van der Waals surface area contributed by atoms with Gasteiger partial charge in [-0.15, -0.1) is 0 Å². The lowest BCUT2D eigenvalue weighted by atomic mass is 9.73. The van der Waals surface area contributed by atoms with E-state index in [1.807, 2.05) is 18.7 Å². The minimum absolute atomic E-state index is 0.479. The van der Waals surface area contributed by atoms with Crippen molar-refractivity contribution in [3.05, 3.63) is 18.7 Å². The fraction of sp³-hybridized carbons (Fsp3) is 0.786. The van der Waals surface area contributed by atoms with Crippen molar-refractivity contribution in [1.29, 1.82) is 0 Å². The lowest BCUT2D eigenvalue weighted by molar-refractivity contribution is 0.167. The third kappa shape index (κ3) is 3.56. The van der Waals surface area contributed by atoms with Gasteiger partial charge in [-0.2, -0.15) is 0 Å². The lowest BCUT2D eigenvalue weighted by Gasteiger charge is -2.39. The Hall–Kier alpha value is -0.830. The van der Waals surface area contributed by atoms with E-state index in [1.165, 1.54) is 32.1 Å². The molecule has 0 radical (unpaired) electrons. The van der Waals surface area contributed by atoms with Crippen molar-refractivity contribution in [1.82, 2.24) is 14.9 Å². The topological polar surface area (TPSA) is 29.9 Å². The summed E-state index contributed by atoms with van der Waals surface area (Å²) >= 11 is 0. The molecule has 17 heavy (non-hydrogen) atoms. The Morgan fingerprint density at radius 2 is 2.29 bits per heavy atom. The predicted octanol–water partition coefficient (Wildman–Crippen LogP) is 2.83. The molecule has 0 aromatic carbocycles. The van der Waals surface area contributed by atoms with Gasteiger partial charge in [0.25, 0.3) is 0 Å². The molecule has 0 saturated heterocycles. The van der Waals surface area contributed by atoms with Crippen LogP contribution < -0.4 is 5.32 Å². The molecule has 3 nitrogen and oxygen atoms in total. The van der Waals surface area contributed by atoms with Crippen LogP contribution in [0.25, 0.3) is 0 Å². The number of aromatic nitrogens is 2. The van der Waals surface area contributed by atoms with Crippen LogP contribution in [0.2, 0.25) is 0 Å². The Morgan fingerprint density at radius 3 is 3.00 bits per heavy atom. The van der Waals surface area contributed by atoms with E-state index in [4.69, 9.17) is 0 Å². The number of imidazole rings is 1. The number of nitrogens with one attached hydrogen (secondary N) is 1. The van der Waals surface area contributed by atoms with Gasteiger partial charge in [0.2, 0.25) is 0 Å². The molecule has 1 heterocycles. The molecule has 0 amide bonds. The molecule has 3 heteroatoms. The SMILES string of the molecule is CC1(C)CCCCC1NCCCn1ccnc1. The van der Waals surface area contributed by atoms with Gasteiger partial charge in [-0.3, -0.25) is 0 Å². The Bertz CT molecular complexity index is 316. The van der Waals surface area contributed by atoms with Crippen molar-refractivity contribution in [2.24, 2.45) is 5.41 Å². The van der Waals surface area contributed by atoms with Gasteiger partial charge in [-0.05, 0) is 31.2 Å². The first-order valence-electron chi connectivity index (χ1n) is 6.88. The molecule has 0 spiro atoms. The molecule has 1 unspecified atom stereocenters. The van der Waals surface area contributed by atoms with Gasteiger partial charge in [-0.25, -0.2) is 4.98 Å². The zero-order valence-corrected chi connectivity index (χ0v) is 11.2. The molecule has 1 aliphatic carbocycles. The second kappa shape index (κ2) is 5.67.